The molecule has 0 spiro atoms. The van der Waals surface area contributed by atoms with Crippen molar-refractivity contribution in [3.8, 4) is 0 Å². The summed E-state index contributed by atoms with van der Waals surface area (Å²) < 4.78 is 0. The number of benzene rings is 1. The smallest absolute Gasteiger partial charge is 0.226 e. The van der Waals surface area contributed by atoms with Crippen LogP contribution < -0.4 is 5.32 Å². The molecule has 154 valence electrons. The summed E-state index contributed by atoms with van der Waals surface area (Å²) >= 11 is 5.21. The van der Waals surface area contributed by atoms with Gasteiger partial charge in [-0.05, 0) is 51.0 Å². The molecule has 28 heavy (non-hydrogen) atoms. The molecule has 3 rings (SSSR count). The predicted octanol–water partition coefficient (Wildman–Crippen LogP) is 4.62. The van der Waals surface area contributed by atoms with Gasteiger partial charge in [-0.1, -0.05) is 42.0 Å². The van der Waals surface area contributed by atoms with Crippen molar-refractivity contribution < 1.29 is 9.59 Å². The lowest BCUT2D eigenvalue weighted by Gasteiger charge is -2.40. The number of carbonyl (C=O) groups is 2. The van der Waals surface area contributed by atoms with Crippen LogP contribution >= 0.6 is 11.6 Å². The number of likely N-dealkylation sites (tertiary alicyclic amines) is 1. The highest BCUT2D eigenvalue weighted by Gasteiger charge is 2.39. The number of halogens is 1. The summed E-state index contributed by atoms with van der Waals surface area (Å²) in [5.74, 6) is 1.26. The van der Waals surface area contributed by atoms with E-state index < -0.39 is 0 Å². The van der Waals surface area contributed by atoms with Gasteiger partial charge in [-0.25, -0.2) is 0 Å². The SMILES string of the molecule is C/C=C\CCl.CNC(=O)CC1CCC(c2ccc(C)cc2)N(CC2CC2)C1=O. The first kappa shape index (κ1) is 22.5. The molecule has 0 aromatic heterocycles. The first-order valence-corrected chi connectivity index (χ1v) is 10.8. The van der Waals surface area contributed by atoms with Gasteiger partial charge in [-0.3, -0.25) is 9.59 Å². The molecule has 2 amide bonds. The molecule has 4 nitrogen and oxygen atoms in total. The van der Waals surface area contributed by atoms with Crippen molar-refractivity contribution in [1.82, 2.24) is 10.2 Å². The van der Waals surface area contributed by atoms with Crippen molar-refractivity contribution in [1.29, 1.82) is 0 Å². The van der Waals surface area contributed by atoms with Gasteiger partial charge in [0.05, 0.1) is 6.04 Å². The maximum Gasteiger partial charge on any atom is 0.226 e. The van der Waals surface area contributed by atoms with E-state index >= 15 is 0 Å². The fourth-order valence-corrected chi connectivity index (χ4v) is 3.74. The lowest BCUT2D eigenvalue weighted by molar-refractivity contribution is -0.144. The highest BCUT2D eigenvalue weighted by molar-refractivity contribution is 6.18. The van der Waals surface area contributed by atoms with Crippen LogP contribution in [0.4, 0.5) is 0 Å². The third-order valence-corrected chi connectivity index (χ3v) is 5.62. The van der Waals surface area contributed by atoms with Crippen LogP contribution in [-0.4, -0.2) is 36.2 Å². The second-order valence-electron chi connectivity index (χ2n) is 7.74. The molecule has 2 atom stereocenters. The molecule has 1 heterocycles. The van der Waals surface area contributed by atoms with Gasteiger partial charge in [0.25, 0.3) is 0 Å². The molecular formula is C23H33ClN2O2. The number of allylic oxidation sites excluding steroid dienone is 2. The third-order valence-electron chi connectivity index (χ3n) is 5.45. The highest BCUT2D eigenvalue weighted by atomic mass is 35.5. The molecule has 1 aliphatic carbocycles. The Balaban J connectivity index is 0.000000500. The second kappa shape index (κ2) is 11.3. The number of alkyl halides is 1. The zero-order valence-corrected chi connectivity index (χ0v) is 18.0. The molecular weight excluding hydrogens is 372 g/mol. The average Bonchev–Trinajstić information content (AvgIpc) is 3.51. The monoisotopic (exact) mass is 404 g/mol. The summed E-state index contributed by atoms with van der Waals surface area (Å²) in [6.07, 6.45) is 8.33. The Morgan fingerprint density at radius 3 is 2.39 bits per heavy atom. The van der Waals surface area contributed by atoms with E-state index in [9.17, 15) is 9.59 Å². The zero-order chi connectivity index (χ0) is 20.5. The molecule has 1 aliphatic heterocycles. The molecule has 1 N–H and O–H groups in total. The number of carbonyl (C=O) groups excluding carboxylic acids is 2. The van der Waals surface area contributed by atoms with E-state index in [2.05, 4.69) is 41.4 Å². The summed E-state index contributed by atoms with van der Waals surface area (Å²) in [7, 11) is 1.63. The molecule has 2 aliphatic rings. The van der Waals surface area contributed by atoms with Crippen LogP contribution in [0.5, 0.6) is 0 Å². The summed E-state index contributed by atoms with van der Waals surface area (Å²) in [5.41, 5.74) is 2.46. The lowest BCUT2D eigenvalue weighted by atomic mass is 9.86. The molecule has 0 radical (unpaired) electrons. The minimum Gasteiger partial charge on any atom is -0.359 e. The molecule has 1 saturated heterocycles. The van der Waals surface area contributed by atoms with Gasteiger partial charge < -0.3 is 10.2 Å². The van der Waals surface area contributed by atoms with Gasteiger partial charge in [0.1, 0.15) is 0 Å². The number of piperidine rings is 1. The van der Waals surface area contributed by atoms with Crippen LogP contribution in [0.25, 0.3) is 0 Å². The van der Waals surface area contributed by atoms with Gasteiger partial charge in [-0.2, -0.15) is 0 Å². The summed E-state index contributed by atoms with van der Waals surface area (Å²) in [6, 6.07) is 8.69. The topological polar surface area (TPSA) is 49.4 Å². The zero-order valence-electron chi connectivity index (χ0n) is 17.3. The molecule has 1 saturated carbocycles. The van der Waals surface area contributed by atoms with Crippen LogP contribution in [0.15, 0.2) is 36.4 Å². The summed E-state index contributed by atoms with van der Waals surface area (Å²) in [6.45, 7) is 4.88. The molecule has 0 bridgehead atoms. The van der Waals surface area contributed by atoms with Crippen molar-refractivity contribution in [2.24, 2.45) is 11.8 Å². The minimum atomic E-state index is -0.157. The number of amides is 2. The molecule has 1 aromatic carbocycles. The first-order valence-electron chi connectivity index (χ1n) is 10.2. The van der Waals surface area contributed by atoms with Gasteiger partial charge >= 0.3 is 0 Å². The Hall–Kier alpha value is -1.81. The number of nitrogens with one attached hydrogen (secondary N) is 1. The number of aryl methyl sites for hydroxylation is 1. The van der Waals surface area contributed by atoms with Crippen molar-refractivity contribution in [2.75, 3.05) is 19.5 Å². The fourth-order valence-electron chi connectivity index (χ4n) is 3.56. The molecule has 5 heteroatoms. The maximum absolute atomic E-state index is 12.9. The molecule has 2 unspecified atom stereocenters. The Bertz CT molecular complexity index is 668. The highest BCUT2D eigenvalue weighted by Crippen LogP contribution is 2.39. The number of nitrogens with zero attached hydrogens (tertiary/aromatic N) is 1. The van der Waals surface area contributed by atoms with Crippen LogP contribution in [0.2, 0.25) is 0 Å². The van der Waals surface area contributed by atoms with E-state index in [1.165, 1.54) is 24.0 Å². The van der Waals surface area contributed by atoms with E-state index in [-0.39, 0.29) is 23.8 Å². The minimum absolute atomic E-state index is 0.0384. The summed E-state index contributed by atoms with van der Waals surface area (Å²) in [5, 5.41) is 2.64. The van der Waals surface area contributed by atoms with Gasteiger partial charge in [0, 0.05) is 31.8 Å². The largest absolute Gasteiger partial charge is 0.359 e. The van der Waals surface area contributed by atoms with E-state index in [1.807, 2.05) is 19.1 Å². The quantitative estimate of drug-likeness (QED) is 0.555. The van der Waals surface area contributed by atoms with Crippen LogP contribution in [0.1, 0.15) is 56.2 Å². The Morgan fingerprint density at radius 2 is 1.89 bits per heavy atom. The van der Waals surface area contributed by atoms with Gasteiger partial charge in [0.2, 0.25) is 11.8 Å². The van der Waals surface area contributed by atoms with Crippen molar-refractivity contribution in [3.63, 3.8) is 0 Å². The standard InChI is InChI=1S/C19H26N2O2.C4H7Cl/c1-13-3-7-15(8-4-13)17-10-9-16(11-18(22)20-2)19(23)21(17)12-14-5-6-14;1-2-3-4-5/h3-4,7-8,14,16-17H,5-6,9-12H2,1-2H3,(H,20,22);2-3H,4H2,1H3/b;3-2-. The van der Waals surface area contributed by atoms with Crippen LogP contribution in [0, 0.1) is 18.8 Å². The van der Waals surface area contributed by atoms with Crippen LogP contribution in [0.3, 0.4) is 0 Å². The van der Waals surface area contributed by atoms with E-state index in [0.717, 1.165) is 19.4 Å². The molecule has 1 aromatic rings. The predicted molar refractivity (Wildman–Crippen MR) is 115 cm³/mol. The maximum atomic E-state index is 12.9. The normalized spacial score (nSPS) is 22.0. The number of rotatable bonds is 6. The van der Waals surface area contributed by atoms with E-state index in [4.69, 9.17) is 11.6 Å². The van der Waals surface area contributed by atoms with Crippen molar-refractivity contribution >= 4 is 23.4 Å². The van der Waals surface area contributed by atoms with Gasteiger partial charge in [-0.15, -0.1) is 11.6 Å². The first-order chi connectivity index (χ1) is 13.5. The molecule has 2 fully saturated rings. The Morgan fingerprint density at radius 1 is 1.21 bits per heavy atom. The second-order valence-corrected chi connectivity index (χ2v) is 8.04. The fraction of sp³-hybridized carbons (Fsp3) is 0.565. The summed E-state index contributed by atoms with van der Waals surface area (Å²) in [4.78, 5) is 26.7. The average molecular weight is 405 g/mol. The van der Waals surface area contributed by atoms with E-state index in [1.54, 1.807) is 7.05 Å². The van der Waals surface area contributed by atoms with Crippen LogP contribution in [-0.2, 0) is 9.59 Å². The lowest BCUT2D eigenvalue weighted by Crippen LogP contribution is -2.45. The number of hydrogen-bond donors (Lipinski definition) is 1. The Labute approximate surface area is 174 Å². The van der Waals surface area contributed by atoms with Crippen molar-refractivity contribution in [2.45, 2.75) is 52.0 Å². The van der Waals surface area contributed by atoms with Gasteiger partial charge in [0.15, 0.2) is 0 Å². The third kappa shape index (κ3) is 6.66. The Kier molecular flexibility index (Phi) is 9.04. The van der Waals surface area contributed by atoms with Crippen molar-refractivity contribution in [3.05, 3.63) is 47.5 Å². The number of hydrogen-bond acceptors (Lipinski definition) is 2. The van der Waals surface area contributed by atoms with E-state index in [0.29, 0.717) is 18.2 Å².